The van der Waals surface area contributed by atoms with E-state index in [2.05, 4.69) is 10.6 Å². The number of carbonyl (C=O) groups is 1. The first kappa shape index (κ1) is 11.1. The van der Waals surface area contributed by atoms with Crippen LogP contribution in [-0.2, 0) is 0 Å². The molecule has 98 valence electrons. The van der Waals surface area contributed by atoms with Crippen LogP contribution in [0.25, 0.3) is 11.0 Å². The van der Waals surface area contributed by atoms with Gasteiger partial charge in [0.15, 0.2) is 0 Å². The molecule has 0 spiro atoms. The average molecular weight is 256 g/mol. The highest BCUT2D eigenvalue weighted by atomic mass is 16.3. The molecule has 4 rings (SSSR count). The fourth-order valence-electron chi connectivity index (χ4n) is 3.37. The molecule has 4 nitrogen and oxygen atoms in total. The first-order chi connectivity index (χ1) is 9.29. The van der Waals surface area contributed by atoms with E-state index in [9.17, 15) is 4.79 Å². The third kappa shape index (κ3) is 1.83. The Hall–Kier alpha value is -1.81. The lowest BCUT2D eigenvalue weighted by atomic mass is 10.1. The lowest BCUT2D eigenvalue weighted by Gasteiger charge is -2.23. The molecule has 2 N–H and O–H groups in total. The summed E-state index contributed by atoms with van der Waals surface area (Å²) >= 11 is 0. The fraction of sp³-hybridized carbons (Fsp3) is 0.400. The highest BCUT2D eigenvalue weighted by molar-refractivity contribution is 5.97. The van der Waals surface area contributed by atoms with Crippen LogP contribution >= 0.6 is 0 Å². The molecule has 0 radical (unpaired) electrons. The van der Waals surface area contributed by atoms with Gasteiger partial charge in [0.25, 0.3) is 5.91 Å². The minimum atomic E-state index is 0.0162. The van der Waals surface area contributed by atoms with Gasteiger partial charge in [-0.1, -0.05) is 0 Å². The van der Waals surface area contributed by atoms with Gasteiger partial charge in [-0.3, -0.25) is 4.79 Å². The van der Waals surface area contributed by atoms with Gasteiger partial charge < -0.3 is 15.1 Å². The minimum Gasteiger partial charge on any atom is -0.464 e. The van der Waals surface area contributed by atoms with Crippen LogP contribution < -0.4 is 10.6 Å². The molecule has 3 atom stereocenters. The molecule has 2 aliphatic rings. The van der Waals surface area contributed by atoms with E-state index in [1.165, 1.54) is 6.42 Å². The SMILES string of the molecule is O=C(N[C@H]1C[C@H]2CN[C@H]1C2)c1ccc2occc2c1. The first-order valence-electron chi connectivity index (χ1n) is 6.81. The number of nitrogens with one attached hydrogen (secondary N) is 2. The minimum absolute atomic E-state index is 0.0162. The van der Waals surface area contributed by atoms with Crippen molar-refractivity contribution in [3.63, 3.8) is 0 Å². The van der Waals surface area contributed by atoms with Gasteiger partial charge >= 0.3 is 0 Å². The maximum absolute atomic E-state index is 12.3. The van der Waals surface area contributed by atoms with Gasteiger partial charge in [0.05, 0.1) is 6.26 Å². The Kier molecular flexibility index (Phi) is 2.38. The third-order valence-electron chi connectivity index (χ3n) is 4.36. The van der Waals surface area contributed by atoms with Gasteiger partial charge in [-0.15, -0.1) is 0 Å². The number of piperidine rings is 1. The van der Waals surface area contributed by atoms with Crippen LogP contribution in [0.3, 0.4) is 0 Å². The Morgan fingerprint density at radius 3 is 3.05 bits per heavy atom. The molecular formula is C15H16N2O2. The van der Waals surface area contributed by atoms with Gasteiger partial charge in [0.2, 0.25) is 0 Å². The Morgan fingerprint density at radius 2 is 2.26 bits per heavy atom. The second kappa shape index (κ2) is 4.10. The second-order valence-electron chi connectivity index (χ2n) is 5.61. The monoisotopic (exact) mass is 256 g/mol. The lowest BCUT2D eigenvalue weighted by molar-refractivity contribution is 0.0928. The summed E-state index contributed by atoms with van der Waals surface area (Å²) in [7, 11) is 0. The number of furan rings is 1. The van der Waals surface area contributed by atoms with E-state index in [4.69, 9.17) is 4.42 Å². The van der Waals surface area contributed by atoms with E-state index >= 15 is 0 Å². The van der Waals surface area contributed by atoms with Crippen LogP contribution in [0.2, 0.25) is 0 Å². The average Bonchev–Trinajstić information content (AvgIpc) is 3.13. The van der Waals surface area contributed by atoms with Crippen LogP contribution in [0.1, 0.15) is 23.2 Å². The van der Waals surface area contributed by atoms with Crippen molar-refractivity contribution in [3.8, 4) is 0 Å². The van der Waals surface area contributed by atoms with Gasteiger partial charge in [0, 0.05) is 23.0 Å². The molecular weight excluding hydrogens is 240 g/mol. The summed E-state index contributed by atoms with van der Waals surface area (Å²) < 4.78 is 5.28. The molecule has 1 aromatic carbocycles. The van der Waals surface area contributed by atoms with Crippen LogP contribution in [0.4, 0.5) is 0 Å². The fourth-order valence-corrected chi connectivity index (χ4v) is 3.37. The molecule has 1 saturated heterocycles. The Bertz CT molecular complexity index is 634. The first-order valence-corrected chi connectivity index (χ1v) is 6.81. The zero-order valence-corrected chi connectivity index (χ0v) is 10.6. The normalized spacial score (nSPS) is 28.9. The smallest absolute Gasteiger partial charge is 0.251 e. The summed E-state index contributed by atoms with van der Waals surface area (Å²) in [6.07, 6.45) is 3.95. The molecule has 2 fully saturated rings. The molecule has 1 aliphatic heterocycles. The highest BCUT2D eigenvalue weighted by Crippen LogP contribution is 2.31. The molecule has 1 aliphatic carbocycles. The highest BCUT2D eigenvalue weighted by Gasteiger charge is 2.39. The zero-order chi connectivity index (χ0) is 12.8. The van der Waals surface area contributed by atoms with E-state index in [0.29, 0.717) is 11.6 Å². The number of carbonyl (C=O) groups excluding carboxylic acids is 1. The molecule has 0 unspecified atom stereocenters. The molecule has 1 amide bonds. The van der Waals surface area contributed by atoms with Crippen molar-refractivity contribution in [2.75, 3.05) is 6.54 Å². The van der Waals surface area contributed by atoms with E-state index in [-0.39, 0.29) is 11.9 Å². The van der Waals surface area contributed by atoms with Crippen molar-refractivity contribution < 1.29 is 9.21 Å². The van der Waals surface area contributed by atoms with Gasteiger partial charge in [0.1, 0.15) is 5.58 Å². The summed E-state index contributed by atoms with van der Waals surface area (Å²) in [4.78, 5) is 12.3. The summed E-state index contributed by atoms with van der Waals surface area (Å²) in [6, 6.07) is 8.18. The maximum Gasteiger partial charge on any atom is 0.251 e. The molecule has 2 bridgehead atoms. The second-order valence-corrected chi connectivity index (χ2v) is 5.61. The largest absolute Gasteiger partial charge is 0.464 e. The number of amides is 1. The molecule has 2 heterocycles. The van der Waals surface area contributed by atoms with Crippen LogP contribution in [0, 0.1) is 5.92 Å². The van der Waals surface area contributed by atoms with E-state index in [1.807, 2.05) is 24.3 Å². The number of rotatable bonds is 2. The summed E-state index contributed by atoms with van der Waals surface area (Å²) in [6.45, 7) is 1.11. The van der Waals surface area contributed by atoms with E-state index in [1.54, 1.807) is 6.26 Å². The van der Waals surface area contributed by atoms with Crippen molar-refractivity contribution >= 4 is 16.9 Å². The molecule has 1 saturated carbocycles. The van der Waals surface area contributed by atoms with Crippen LogP contribution in [-0.4, -0.2) is 24.5 Å². The number of fused-ring (bicyclic) bond motifs is 3. The molecule has 4 heteroatoms. The molecule has 19 heavy (non-hydrogen) atoms. The Labute approximate surface area is 111 Å². The van der Waals surface area contributed by atoms with Gasteiger partial charge in [-0.2, -0.15) is 0 Å². The quantitative estimate of drug-likeness (QED) is 0.863. The van der Waals surface area contributed by atoms with E-state index < -0.39 is 0 Å². The number of hydrogen-bond donors (Lipinski definition) is 2. The van der Waals surface area contributed by atoms with Crippen molar-refractivity contribution in [3.05, 3.63) is 36.1 Å². The van der Waals surface area contributed by atoms with Crippen molar-refractivity contribution in [1.29, 1.82) is 0 Å². The number of benzene rings is 1. The van der Waals surface area contributed by atoms with Crippen molar-refractivity contribution in [2.45, 2.75) is 24.9 Å². The summed E-state index contributed by atoms with van der Waals surface area (Å²) in [5.41, 5.74) is 1.52. The van der Waals surface area contributed by atoms with Gasteiger partial charge in [-0.05, 0) is 49.6 Å². The van der Waals surface area contributed by atoms with E-state index in [0.717, 1.165) is 29.9 Å². The molecule has 1 aromatic heterocycles. The van der Waals surface area contributed by atoms with Crippen molar-refractivity contribution in [2.24, 2.45) is 5.92 Å². The number of hydrogen-bond acceptors (Lipinski definition) is 3. The third-order valence-corrected chi connectivity index (χ3v) is 4.36. The lowest BCUT2D eigenvalue weighted by Crippen LogP contribution is -2.47. The van der Waals surface area contributed by atoms with Crippen LogP contribution in [0.15, 0.2) is 34.9 Å². The summed E-state index contributed by atoms with van der Waals surface area (Å²) in [5, 5.41) is 7.58. The molecule has 2 aromatic rings. The summed E-state index contributed by atoms with van der Waals surface area (Å²) in [5.74, 6) is 0.758. The predicted molar refractivity (Wildman–Crippen MR) is 72.0 cm³/mol. The predicted octanol–water partition coefficient (Wildman–Crippen LogP) is 1.91. The van der Waals surface area contributed by atoms with Crippen LogP contribution in [0.5, 0.6) is 0 Å². The zero-order valence-electron chi connectivity index (χ0n) is 10.6. The maximum atomic E-state index is 12.3. The Balaban J connectivity index is 1.53. The topological polar surface area (TPSA) is 54.3 Å². The Morgan fingerprint density at radius 1 is 1.32 bits per heavy atom. The van der Waals surface area contributed by atoms with Gasteiger partial charge in [-0.25, -0.2) is 0 Å². The van der Waals surface area contributed by atoms with Crippen molar-refractivity contribution in [1.82, 2.24) is 10.6 Å². The standard InChI is InChI=1S/C15H16N2O2/c18-15(17-13-6-9-5-12(13)16-8-9)11-1-2-14-10(7-11)3-4-19-14/h1-4,7,9,12-13,16H,5-6,8H2,(H,17,18)/t9-,12-,13-/m0/s1.